The van der Waals surface area contributed by atoms with Crippen LogP contribution in [0.1, 0.15) is 12.0 Å². The van der Waals surface area contributed by atoms with Crippen LogP contribution in [-0.4, -0.2) is 64.7 Å². The van der Waals surface area contributed by atoms with E-state index in [9.17, 15) is 8.42 Å². The van der Waals surface area contributed by atoms with E-state index in [4.69, 9.17) is 0 Å². The number of hydrogen-bond acceptors (Lipinski definition) is 6. The van der Waals surface area contributed by atoms with Gasteiger partial charge in [0.05, 0.1) is 18.2 Å². The number of rotatable bonds is 6. The molecule has 8 heteroatoms. The van der Waals surface area contributed by atoms with Crippen molar-refractivity contribution in [2.24, 2.45) is 4.99 Å². The molecule has 0 saturated carbocycles. The molecular formula is C15H25N5O2S. The Bertz CT molecular complexity index is 640. The van der Waals surface area contributed by atoms with E-state index in [1.807, 2.05) is 21.0 Å². The van der Waals surface area contributed by atoms with Crippen molar-refractivity contribution in [2.75, 3.05) is 40.5 Å². The third-order valence-electron chi connectivity index (χ3n) is 3.54. The van der Waals surface area contributed by atoms with Crippen LogP contribution < -0.4 is 10.0 Å². The molecule has 1 aliphatic rings. The zero-order valence-corrected chi connectivity index (χ0v) is 14.7. The van der Waals surface area contributed by atoms with Crippen LogP contribution in [0.25, 0.3) is 0 Å². The third-order valence-corrected chi connectivity index (χ3v) is 4.90. The largest absolute Gasteiger partial charge is 0.343 e. The smallest absolute Gasteiger partial charge is 0.264 e. The van der Waals surface area contributed by atoms with E-state index < -0.39 is 10.0 Å². The van der Waals surface area contributed by atoms with Crippen molar-refractivity contribution in [2.45, 2.75) is 18.2 Å². The molecule has 0 saturated heterocycles. The molecule has 0 bridgehead atoms. The SMILES string of the molecule is Cc1ccc(S(=O)(=O)NC2=NCN(CCCN(C)C)CN2)cc1. The Morgan fingerprint density at radius 1 is 1.30 bits per heavy atom. The first-order valence-corrected chi connectivity index (χ1v) is 9.10. The second-order valence-electron chi connectivity index (χ2n) is 5.95. The summed E-state index contributed by atoms with van der Waals surface area (Å²) < 4.78 is 27.1. The third kappa shape index (κ3) is 5.49. The molecule has 0 aromatic heterocycles. The van der Waals surface area contributed by atoms with Crippen molar-refractivity contribution in [3.63, 3.8) is 0 Å². The fraction of sp³-hybridized carbons (Fsp3) is 0.533. The quantitative estimate of drug-likeness (QED) is 0.785. The van der Waals surface area contributed by atoms with Crippen LogP contribution in [0.5, 0.6) is 0 Å². The fourth-order valence-electron chi connectivity index (χ4n) is 2.20. The monoisotopic (exact) mass is 339 g/mol. The van der Waals surface area contributed by atoms with Gasteiger partial charge in [-0.25, -0.2) is 18.1 Å². The summed E-state index contributed by atoms with van der Waals surface area (Å²) in [6.45, 7) is 4.94. The highest BCUT2D eigenvalue weighted by Gasteiger charge is 2.19. The summed E-state index contributed by atoms with van der Waals surface area (Å²) >= 11 is 0. The Balaban J connectivity index is 1.89. The number of nitrogens with one attached hydrogen (secondary N) is 2. The van der Waals surface area contributed by atoms with Gasteiger partial charge in [0.1, 0.15) is 0 Å². The van der Waals surface area contributed by atoms with Crippen LogP contribution in [0.15, 0.2) is 34.2 Å². The first-order valence-electron chi connectivity index (χ1n) is 7.62. The van der Waals surface area contributed by atoms with E-state index in [0.717, 1.165) is 25.1 Å². The first-order chi connectivity index (χ1) is 10.9. The van der Waals surface area contributed by atoms with E-state index in [1.54, 1.807) is 24.3 Å². The van der Waals surface area contributed by atoms with Crippen LogP contribution in [0, 0.1) is 6.92 Å². The summed E-state index contributed by atoms with van der Waals surface area (Å²) in [6, 6.07) is 6.73. The van der Waals surface area contributed by atoms with E-state index in [2.05, 4.69) is 24.8 Å². The fourth-order valence-corrected chi connectivity index (χ4v) is 3.20. The zero-order valence-electron chi connectivity index (χ0n) is 13.9. The molecule has 0 atom stereocenters. The zero-order chi connectivity index (χ0) is 16.9. The minimum atomic E-state index is -3.59. The standard InChI is InChI=1S/C15H25N5O2S/c1-13-5-7-14(8-6-13)23(21,22)18-15-16-11-20(12-17-15)10-4-9-19(2)3/h5-8H,4,9-12H2,1-3H3,(H2,16,17,18). The van der Waals surface area contributed by atoms with E-state index in [-0.39, 0.29) is 4.90 Å². The lowest BCUT2D eigenvalue weighted by Gasteiger charge is -2.27. The molecule has 23 heavy (non-hydrogen) atoms. The Labute approximate surface area is 138 Å². The highest BCUT2D eigenvalue weighted by Crippen LogP contribution is 2.10. The van der Waals surface area contributed by atoms with Gasteiger partial charge in [0.2, 0.25) is 5.96 Å². The number of nitrogens with zero attached hydrogens (tertiary/aromatic N) is 3. The summed E-state index contributed by atoms with van der Waals surface area (Å²) in [5, 5.41) is 3.02. The minimum Gasteiger partial charge on any atom is -0.343 e. The molecule has 2 N–H and O–H groups in total. The van der Waals surface area contributed by atoms with Crippen molar-refractivity contribution in [3.8, 4) is 0 Å². The molecular weight excluding hydrogens is 314 g/mol. The molecule has 0 radical (unpaired) electrons. The second kappa shape index (κ2) is 7.76. The van der Waals surface area contributed by atoms with Gasteiger partial charge in [-0.15, -0.1) is 0 Å². The molecule has 2 rings (SSSR count). The normalized spacial score (nSPS) is 16.1. The predicted molar refractivity (Wildman–Crippen MR) is 91.7 cm³/mol. The highest BCUT2D eigenvalue weighted by molar-refractivity contribution is 7.90. The van der Waals surface area contributed by atoms with Crippen molar-refractivity contribution < 1.29 is 8.42 Å². The van der Waals surface area contributed by atoms with E-state index >= 15 is 0 Å². The maximum absolute atomic E-state index is 12.3. The number of guanidine groups is 1. The Hall–Kier alpha value is -1.64. The van der Waals surface area contributed by atoms with Gasteiger partial charge in [0.15, 0.2) is 0 Å². The molecule has 0 unspecified atom stereocenters. The van der Waals surface area contributed by atoms with Crippen LogP contribution in [0.3, 0.4) is 0 Å². The van der Waals surface area contributed by atoms with E-state index in [0.29, 0.717) is 19.3 Å². The number of aliphatic imine (C=N–C) groups is 1. The van der Waals surface area contributed by atoms with Crippen LogP contribution in [0.2, 0.25) is 0 Å². The minimum absolute atomic E-state index is 0.237. The molecule has 0 aliphatic carbocycles. The number of benzene rings is 1. The van der Waals surface area contributed by atoms with Gasteiger partial charge in [0.25, 0.3) is 10.0 Å². The molecule has 1 heterocycles. The molecule has 0 amide bonds. The molecule has 0 fully saturated rings. The first kappa shape index (κ1) is 17.7. The lowest BCUT2D eigenvalue weighted by atomic mass is 10.2. The second-order valence-corrected chi connectivity index (χ2v) is 7.64. The maximum atomic E-state index is 12.3. The van der Waals surface area contributed by atoms with Crippen LogP contribution in [-0.2, 0) is 10.0 Å². The molecule has 7 nitrogen and oxygen atoms in total. The van der Waals surface area contributed by atoms with Crippen LogP contribution >= 0.6 is 0 Å². The Morgan fingerprint density at radius 2 is 2.00 bits per heavy atom. The van der Waals surface area contributed by atoms with Gasteiger partial charge >= 0.3 is 0 Å². The van der Waals surface area contributed by atoms with Gasteiger partial charge < -0.3 is 10.2 Å². The molecule has 0 spiro atoms. The van der Waals surface area contributed by atoms with Gasteiger partial charge in [0, 0.05) is 6.54 Å². The van der Waals surface area contributed by atoms with Crippen molar-refractivity contribution in [1.82, 2.24) is 19.8 Å². The number of aryl methyl sites for hydroxylation is 1. The van der Waals surface area contributed by atoms with Crippen LogP contribution in [0.4, 0.5) is 0 Å². The van der Waals surface area contributed by atoms with E-state index in [1.165, 1.54) is 0 Å². The molecule has 1 aromatic rings. The van der Waals surface area contributed by atoms with Gasteiger partial charge in [-0.2, -0.15) is 0 Å². The lowest BCUT2D eigenvalue weighted by molar-refractivity contribution is 0.246. The van der Waals surface area contributed by atoms with Gasteiger partial charge in [-0.3, -0.25) is 4.90 Å². The molecule has 128 valence electrons. The summed E-state index contributed by atoms with van der Waals surface area (Å²) in [5.74, 6) is 0.300. The predicted octanol–water partition coefficient (Wildman–Crippen LogP) is 0.401. The number of hydrogen-bond donors (Lipinski definition) is 2. The average molecular weight is 339 g/mol. The molecule has 1 aromatic carbocycles. The number of sulfonamides is 1. The average Bonchev–Trinajstić information content (AvgIpc) is 2.49. The topological polar surface area (TPSA) is 77.0 Å². The summed E-state index contributed by atoms with van der Waals surface area (Å²) in [7, 11) is 0.502. The Kier molecular flexibility index (Phi) is 5.97. The summed E-state index contributed by atoms with van der Waals surface area (Å²) in [5.41, 5.74) is 1.02. The van der Waals surface area contributed by atoms with Gasteiger partial charge in [-0.05, 0) is 46.1 Å². The van der Waals surface area contributed by atoms with Gasteiger partial charge in [-0.1, -0.05) is 17.7 Å². The Morgan fingerprint density at radius 3 is 2.57 bits per heavy atom. The molecule has 1 aliphatic heterocycles. The maximum Gasteiger partial charge on any atom is 0.264 e. The van der Waals surface area contributed by atoms with Crippen molar-refractivity contribution in [3.05, 3.63) is 29.8 Å². The van der Waals surface area contributed by atoms with Crippen molar-refractivity contribution >= 4 is 16.0 Å². The highest BCUT2D eigenvalue weighted by atomic mass is 32.2. The summed E-state index contributed by atoms with van der Waals surface area (Å²) in [4.78, 5) is 8.77. The lowest BCUT2D eigenvalue weighted by Crippen LogP contribution is -2.50. The summed E-state index contributed by atoms with van der Waals surface area (Å²) in [6.07, 6.45) is 1.05. The van der Waals surface area contributed by atoms with Crippen molar-refractivity contribution in [1.29, 1.82) is 0 Å².